The van der Waals surface area contributed by atoms with Crippen molar-refractivity contribution in [1.82, 2.24) is 15.1 Å². The molecule has 1 N–H and O–H groups in total. The highest BCUT2D eigenvalue weighted by Crippen LogP contribution is 2.25. The average molecular weight is 399 g/mol. The molecule has 2 unspecified atom stereocenters. The van der Waals surface area contributed by atoms with Crippen molar-refractivity contribution in [2.24, 2.45) is 5.92 Å². The smallest absolute Gasteiger partial charge is 0.289 e. The summed E-state index contributed by atoms with van der Waals surface area (Å²) in [5, 5.41) is 3.13. The molecule has 156 valence electrons. The molecule has 2 aromatic rings. The Bertz CT molecular complexity index is 781. The summed E-state index contributed by atoms with van der Waals surface area (Å²) in [7, 11) is 0. The first-order chi connectivity index (χ1) is 14.2. The molecule has 2 aromatic heterocycles. The van der Waals surface area contributed by atoms with Crippen LogP contribution >= 0.6 is 0 Å². The molecule has 0 aliphatic carbocycles. The Morgan fingerprint density at radius 1 is 1.03 bits per heavy atom. The van der Waals surface area contributed by atoms with Crippen LogP contribution in [0.15, 0.2) is 45.6 Å². The minimum Gasteiger partial charge on any atom is -0.468 e. The lowest BCUT2D eigenvalue weighted by Crippen LogP contribution is -2.47. The Morgan fingerprint density at radius 3 is 2.55 bits per heavy atom. The maximum Gasteiger partial charge on any atom is 0.289 e. The lowest BCUT2D eigenvalue weighted by molar-refractivity contribution is -0.126. The summed E-state index contributed by atoms with van der Waals surface area (Å²) in [4.78, 5) is 29.5. The van der Waals surface area contributed by atoms with Gasteiger partial charge in [0.2, 0.25) is 5.91 Å². The van der Waals surface area contributed by atoms with E-state index in [1.54, 1.807) is 23.3 Å². The number of hydrogen-bond donors (Lipinski definition) is 1. The number of furan rings is 2. The Labute approximate surface area is 171 Å². The number of amides is 2. The third-order valence-electron chi connectivity index (χ3n) is 5.98. The van der Waals surface area contributed by atoms with Crippen molar-refractivity contribution >= 4 is 11.8 Å². The molecule has 2 amide bonds. The number of likely N-dealkylation sites (tertiary alicyclic amines) is 2. The van der Waals surface area contributed by atoms with Crippen molar-refractivity contribution in [3.63, 3.8) is 0 Å². The van der Waals surface area contributed by atoms with Crippen LogP contribution < -0.4 is 5.32 Å². The van der Waals surface area contributed by atoms with Crippen molar-refractivity contribution in [1.29, 1.82) is 0 Å². The Kier molecular flexibility index (Phi) is 6.34. The van der Waals surface area contributed by atoms with E-state index in [4.69, 9.17) is 8.83 Å². The van der Waals surface area contributed by atoms with Gasteiger partial charge >= 0.3 is 0 Å². The second-order valence-corrected chi connectivity index (χ2v) is 7.94. The molecule has 0 radical (unpaired) electrons. The molecule has 2 atom stereocenters. The van der Waals surface area contributed by atoms with Crippen LogP contribution in [-0.4, -0.2) is 54.3 Å². The van der Waals surface area contributed by atoms with Gasteiger partial charge in [0.25, 0.3) is 5.91 Å². The minimum atomic E-state index is -0.193. The molecule has 2 saturated heterocycles. The number of nitrogens with one attached hydrogen (secondary N) is 1. The van der Waals surface area contributed by atoms with Crippen molar-refractivity contribution in [3.05, 3.63) is 48.3 Å². The molecule has 0 bridgehead atoms. The van der Waals surface area contributed by atoms with Crippen LogP contribution in [0.4, 0.5) is 0 Å². The molecular weight excluding hydrogens is 370 g/mol. The fourth-order valence-corrected chi connectivity index (χ4v) is 4.39. The summed E-state index contributed by atoms with van der Waals surface area (Å²) < 4.78 is 10.9. The molecule has 2 aliphatic rings. The topological polar surface area (TPSA) is 78.9 Å². The van der Waals surface area contributed by atoms with Crippen LogP contribution in [0, 0.1) is 5.92 Å². The first kappa shape index (κ1) is 19.8. The van der Waals surface area contributed by atoms with Gasteiger partial charge in [-0.25, -0.2) is 0 Å². The molecule has 7 heteroatoms. The quantitative estimate of drug-likeness (QED) is 0.808. The van der Waals surface area contributed by atoms with Crippen LogP contribution in [0.2, 0.25) is 0 Å². The number of nitrogens with zero attached hydrogens (tertiary/aromatic N) is 2. The summed E-state index contributed by atoms with van der Waals surface area (Å²) >= 11 is 0. The predicted molar refractivity (Wildman–Crippen MR) is 107 cm³/mol. The number of carbonyl (C=O) groups excluding carboxylic acids is 2. The monoisotopic (exact) mass is 399 g/mol. The Hall–Kier alpha value is -2.54. The molecule has 4 rings (SSSR count). The summed E-state index contributed by atoms with van der Waals surface area (Å²) in [5.41, 5.74) is 0. The van der Waals surface area contributed by atoms with E-state index in [1.807, 2.05) is 12.1 Å². The molecule has 0 spiro atoms. The molecule has 0 aromatic carbocycles. The zero-order valence-corrected chi connectivity index (χ0v) is 16.7. The molecule has 7 nitrogen and oxygen atoms in total. The Balaban J connectivity index is 1.35. The fourth-order valence-electron chi connectivity index (χ4n) is 4.39. The minimum absolute atomic E-state index is 0.00973. The van der Waals surface area contributed by atoms with E-state index in [0.717, 1.165) is 31.7 Å². The first-order valence-electron chi connectivity index (χ1n) is 10.6. The van der Waals surface area contributed by atoms with E-state index >= 15 is 0 Å². The van der Waals surface area contributed by atoms with Gasteiger partial charge in [0.1, 0.15) is 5.76 Å². The number of piperidine rings is 2. The van der Waals surface area contributed by atoms with Gasteiger partial charge in [0, 0.05) is 19.6 Å². The van der Waals surface area contributed by atoms with Crippen LogP contribution in [0.5, 0.6) is 0 Å². The molecule has 29 heavy (non-hydrogen) atoms. The summed E-state index contributed by atoms with van der Waals surface area (Å²) in [6.07, 6.45) is 8.41. The van der Waals surface area contributed by atoms with Gasteiger partial charge in [0.15, 0.2) is 5.76 Å². The van der Waals surface area contributed by atoms with Gasteiger partial charge in [-0.3, -0.25) is 14.5 Å². The number of carbonyl (C=O) groups is 2. The van der Waals surface area contributed by atoms with Crippen molar-refractivity contribution < 1.29 is 18.4 Å². The second-order valence-electron chi connectivity index (χ2n) is 7.94. The van der Waals surface area contributed by atoms with Crippen LogP contribution in [-0.2, 0) is 4.79 Å². The largest absolute Gasteiger partial charge is 0.468 e. The Morgan fingerprint density at radius 2 is 1.83 bits per heavy atom. The van der Waals surface area contributed by atoms with E-state index in [9.17, 15) is 9.59 Å². The van der Waals surface area contributed by atoms with Crippen LogP contribution in [0.3, 0.4) is 0 Å². The summed E-state index contributed by atoms with van der Waals surface area (Å²) in [6, 6.07) is 7.30. The standard InChI is InChI=1S/C22H29N3O4/c26-21(17-7-4-12-25(16-17)22(27)20-9-6-14-29-20)23-15-18(19-8-5-13-28-19)24-10-2-1-3-11-24/h5-6,8-9,13-14,17-18H,1-4,7,10-12,15-16H2,(H,23,26). The van der Waals surface area contributed by atoms with Gasteiger partial charge in [-0.2, -0.15) is 0 Å². The van der Waals surface area contributed by atoms with Crippen molar-refractivity contribution in [2.75, 3.05) is 32.7 Å². The normalized spacial score (nSPS) is 21.7. The average Bonchev–Trinajstić information content (AvgIpc) is 3.49. The molecule has 4 heterocycles. The predicted octanol–water partition coefficient (Wildman–Crippen LogP) is 3.07. The molecular formula is C22H29N3O4. The lowest BCUT2D eigenvalue weighted by atomic mass is 9.96. The second kappa shape index (κ2) is 9.31. The van der Waals surface area contributed by atoms with Gasteiger partial charge in [0.05, 0.1) is 24.5 Å². The van der Waals surface area contributed by atoms with Gasteiger partial charge in [-0.1, -0.05) is 6.42 Å². The maximum absolute atomic E-state index is 12.9. The molecule has 2 aliphatic heterocycles. The van der Waals surface area contributed by atoms with E-state index in [-0.39, 0.29) is 23.8 Å². The maximum atomic E-state index is 12.9. The number of rotatable bonds is 6. The van der Waals surface area contributed by atoms with Gasteiger partial charge < -0.3 is 19.1 Å². The molecule has 2 fully saturated rings. The third-order valence-corrected chi connectivity index (χ3v) is 5.98. The zero-order valence-electron chi connectivity index (χ0n) is 16.7. The fraction of sp³-hybridized carbons (Fsp3) is 0.545. The first-order valence-corrected chi connectivity index (χ1v) is 10.6. The van der Waals surface area contributed by atoms with E-state index in [2.05, 4.69) is 10.2 Å². The summed E-state index contributed by atoms with van der Waals surface area (Å²) in [6.45, 7) is 3.66. The van der Waals surface area contributed by atoms with E-state index < -0.39 is 0 Å². The van der Waals surface area contributed by atoms with E-state index in [1.165, 1.54) is 25.5 Å². The van der Waals surface area contributed by atoms with Crippen LogP contribution in [0.1, 0.15) is 54.5 Å². The SMILES string of the molecule is O=C(NCC(c1ccco1)N1CCCCC1)C1CCCN(C(=O)c2ccco2)C1. The summed E-state index contributed by atoms with van der Waals surface area (Å²) in [5.74, 6) is 0.894. The van der Waals surface area contributed by atoms with Crippen LogP contribution in [0.25, 0.3) is 0 Å². The lowest BCUT2D eigenvalue weighted by Gasteiger charge is -2.35. The molecule has 0 saturated carbocycles. The van der Waals surface area contributed by atoms with Crippen molar-refractivity contribution in [2.45, 2.75) is 38.1 Å². The van der Waals surface area contributed by atoms with Crippen molar-refractivity contribution in [3.8, 4) is 0 Å². The van der Waals surface area contributed by atoms with Gasteiger partial charge in [-0.05, 0) is 63.0 Å². The zero-order chi connectivity index (χ0) is 20.1. The number of hydrogen-bond acceptors (Lipinski definition) is 5. The van der Waals surface area contributed by atoms with Gasteiger partial charge in [-0.15, -0.1) is 0 Å². The third kappa shape index (κ3) is 4.72. The highest BCUT2D eigenvalue weighted by atomic mass is 16.3. The van der Waals surface area contributed by atoms with E-state index in [0.29, 0.717) is 25.4 Å². The highest BCUT2D eigenvalue weighted by molar-refractivity contribution is 5.92. The highest BCUT2D eigenvalue weighted by Gasteiger charge is 2.31.